The summed E-state index contributed by atoms with van der Waals surface area (Å²) >= 11 is 1.36. The van der Waals surface area contributed by atoms with Gasteiger partial charge in [0.2, 0.25) is 5.78 Å². The Morgan fingerprint density at radius 2 is 1.71 bits per heavy atom. The maximum Gasteiger partial charge on any atom is 0.333 e. The van der Waals surface area contributed by atoms with E-state index in [1.165, 1.54) is 30.8 Å². The Hall–Kier alpha value is -3.90. The number of methoxy groups -OCH3 is 1. The summed E-state index contributed by atoms with van der Waals surface area (Å²) in [4.78, 5) is 25.0. The minimum Gasteiger partial charge on any atom is -0.508 e. The standard InChI is InChI=1S/C25H18O5S/c1-29-22(27)13-14-30-19-10-7-16(8-11-19)23-20-12-9-18(26)15-21(20)31-25(23)24(28)17-5-3-2-4-6-17/h2-15,26H,1H3/b14-13+. The van der Waals surface area contributed by atoms with Crippen molar-refractivity contribution < 1.29 is 24.2 Å². The molecule has 0 amide bonds. The van der Waals surface area contributed by atoms with Crippen molar-refractivity contribution in [2.24, 2.45) is 0 Å². The van der Waals surface area contributed by atoms with Gasteiger partial charge in [-0.3, -0.25) is 4.79 Å². The largest absolute Gasteiger partial charge is 0.508 e. The predicted octanol–water partition coefficient (Wildman–Crippen LogP) is 5.57. The van der Waals surface area contributed by atoms with Crippen LogP contribution in [0, 0.1) is 0 Å². The molecular weight excluding hydrogens is 412 g/mol. The summed E-state index contributed by atoms with van der Waals surface area (Å²) in [6, 6.07) is 21.5. The van der Waals surface area contributed by atoms with Crippen molar-refractivity contribution in [1.29, 1.82) is 0 Å². The van der Waals surface area contributed by atoms with Crippen molar-refractivity contribution in [3.8, 4) is 22.6 Å². The Morgan fingerprint density at radius 3 is 2.42 bits per heavy atom. The van der Waals surface area contributed by atoms with E-state index in [4.69, 9.17) is 4.74 Å². The smallest absolute Gasteiger partial charge is 0.333 e. The first-order valence-corrected chi connectivity index (χ1v) is 10.3. The van der Waals surface area contributed by atoms with E-state index in [1.54, 1.807) is 36.4 Å². The van der Waals surface area contributed by atoms with Crippen LogP contribution in [0.2, 0.25) is 0 Å². The number of thiophene rings is 1. The van der Waals surface area contributed by atoms with Crippen LogP contribution in [0.1, 0.15) is 15.2 Å². The van der Waals surface area contributed by atoms with Gasteiger partial charge < -0.3 is 14.6 Å². The van der Waals surface area contributed by atoms with Gasteiger partial charge in [0.15, 0.2) is 0 Å². The molecule has 0 atom stereocenters. The van der Waals surface area contributed by atoms with Gasteiger partial charge in [-0.2, -0.15) is 0 Å². The Labute approximate surface area is 182 Å². The third-order valence-electron chi connectivity index (χ3n) is 4.67. The zero-order valence-electron chi connectivity index (χ0n) is 16.6. The lowest BCUT2D eigenvalue weighted by atomic mass is 9.98. The van der Waals surface area contributed by atoms with Crippen LogP contribution in [0.3, 0.4) is 0 Å². The predicted molar refractivity (Wildman–Crippen MR) is 121 cm³/mol. The van der Waals surface area contributed by atoms with Crippen molar-refractivity contribution in [2.45, 2.75) is 0 Å². The van der Waals surface area contributed by atoms with Crippen molar-refractivity contribution in [3.63, 3.8) is 0 Å². The summed E-state index contributed by atoms with van der Waals surface area (Å²) in [6.45, 7) is 0. The summed E-state index contributed by atoms with van der Waals surface area (Å²) in [6.07, 6.45) is 2.44. The number of hydrogen-bond donors (Lipinski definition) is 1. The highest BCUT2D eigenvalue weighted by molar-refractivity contribution is 7.21. The minimum absolute atomic E-state index is 0.0716. The number of ketones is 1. The molecule has 154 valence electrons. The maximum atomic E-state index is 13.3. The zero-order valence-corrected chi connectivity index (χ0v) is 17.4. The monoisotopic (exact) mass is 430 g/mol. The molecule has 6 heteroatoms. The molecule has 1 N–H and O–H groups in total. The molecule has 0 aliphatic rings. The number of rotatable bonds is 6. The van der Waals surface area contributed by atoms with Gasteiger partial charge in [0.25, 0.3) is 0 Å². The molecular formula is C25H18O5S. The van der Waals surface area contributed by atoms with Gasteiger partial charge in [-0.25, -0.2) is 4.79 Å². The number of esters is 1. The summed E-state index contributed by atoms with van der Waals surface area (Å²) < 4.78 is 10.8. The number of benzene rings is 3. The van der Waals surface area contributed by atoms with Gasteiger partial charge in [0, 0.05) is 21.2 Å². The number of carbonyl (C=O) groups excluding carboxylic acids is 2. The summed E-state index contributed by atoms with van der Waals surface area (Å²) in [5.74, 6) is 0.114. The normalized spacial score (nSPS) is 11.0. The fourth-order valence-electron chi connectivity index (χ4n) is 3.19. The second-order valence-corrected chi connectivity index (χ2v) is 7.70. The van der Waals surface area contributed by atoms with Crippen LogP contribution in [-0.4, -0.2) is 24.0 Å². The fourth-order valence-corrected chi connectivity index (χ4v) is 4.41. The molecule has 1 heterocycles. The lowest BCUT2D eigenvalue weighted by Crippen LogP contribution is -2.00. The third kappa shape index (κ3) is 4.34. The van der Waals surface area contributed by atoms with Crippen LogP contribution < -0.4 is 4.74 Å². The topological polar surface area (TPSA) is 72.8 Å². The first kappa shape index (κ1) is 20.4. The molecule has 0 aliphatic heterocycles. The first-order chi connectivity index (χ1) is 15.1. The Morgan fingerprint density at radius 1 is 0.968 bits per heavy atom. The van der Waals surface area contributed by atoms with E-state index in [9.17, 15) is 14.7 Å². The number of ether oxygens (including phenoxy) is 2. The molecule has 4 aromatic rings. The number of phenolic OH excluding ortho intramolecular Hbond substituents is 1. The number of phenols is 1. The van der Waals surface area contributed by atoms with Crippen LogP contribution in [0.15, 0.2) is 85.1 Å². The van der Waals surface area contributed by atoms with Gasteiger partial charge in [-0.05, 0) is 35.9 Å². The number of carbonyl (C=O) groups is 2. The quantitative estimate of drug-likeness (QED) is 0.187. The fraction of sp³-hybridized carbons (Fsp3) is 0.0400. The van der Waals surface area contributed by atoms with Crippen molar-refractivity contribution >= 4 is 33.2 Å². The molecule has 31 heavy (non-hydrogen) atoms. The second kappa shape index (κ2) is 8.85. The average molecular weight is 430 g/mol. The molecule has 0 saturated carbocycles. The molecule has 1 aromatic heterocycles. The molecule has 4 rings (SSSR count). The van der Waals surface area contributed by atoms with Crippen molar-refractivity contribution in [2.75, 3.05) is 7.11 Å². The molecule has 0 aliphatic carbocycles. The van der Waals surface area contributed by atoms with E-state index in [1.807, 2.05) is 36.4 Å². The molecule has 0 unspecified atom stereocenters. The average Bonchev–Trinajstić information content (AvgIpc) is 3.18. The van der Waals surface area contributed by atoms with Crippen LogP contribution in [0.4, 0.5) is 0 Å². The van der Waals surface area contributed by atoms with Crippen LogP contribution in [0.25, 0.3) is 21.2 Å². The highest BCUT2D eigenvalue weighted by Gasteiger charge is 2.21. The van der Waals surface area contributed by atoms with Gasteiger partial charge >= 0.3 is 5.97 Å². The Bertz CT molecular complexity index is 1270. The summed E-state index contributed by atoms with van der Waals surface area (Å²) in [7, 11) is 1.29. The maximum absolute atomic E-state index is 13.3. The molecule has 5 nitrogen and oxygen atoms in total. The van der Waals surface area contributed by atoms with Crippen LogP contribution in [0.5, 0.6) is 11.5 Å². The first-order valence-electron chi connectivity index (χ1n) is 9.43. The molecule has 0 bridgehead atoms. The van der Waals surface area contributed by atoms with Gasteiger partial charge in [-0.1, -0.05) is 42.5 Å². The second-order valence-electron chi connectivity index (χ2n) is 6.65. The molecule has 3 aromatic carbocycles. The van der Waals surface area contributed by atoms with Gasteiger partial charge in [0.1, 0.15) is 11.5 Å². The number of aromatic hydroxyl groups is 1. The zero-order chi connectivity index (χ0) is 21.8. The minimum atomic E-state index is -0.506. The van der Waals surface area contributed by atoms with E-state index < -0.39 is 5.97 Å². The Balaban J connectivity index is 1.75. The third-order valence-corrected chi connectivity index (χ3v) is 5.82. The van der Waals surface area contributed by atoms with E-state index in [0.29, 0.717) is 16.2 Å². The Kier molecular flexibility index (Phi) is 5.82. The molecule has 0 fully saturated rings. The van der Waals surface area contributed by atoms with E-state index in [2.05, 4.69) is 4.74 Å². The lowest BCUT2D eigenvalue weighted by Gasteiger charge is -2.07. The number of hydrogen-bond acceptors (Lipinski definition) is 6. The molecule has 0 spiro atoms. The highest BCUT2D eigenvalue weighted by atomic mass is 32.1. The van der Waals surface area contributed by atoms with E-state index in [-0.39, 0.29) is 11.5 Å². The van der Waals surface area contributed by atoms with Gasteiger partial charge in [0.05, 0.1) is 24.3 Å². The highest BCUT2D eigenvalue weighted by Crippen LogP contribution is 2.41. The lowest BCUT2D eigenvalue weighted by molar-refractivity contribution is -0.134. The van der Waals surface area contributed by atoms with E-state index >= 15 is 0 Å². The van der Waals surface area contributed by atoms with Crippen LogP contribution >= 0.6 is 11.3 Å². The van der Waals surface area contributed by atoms with E-state index in [0.717, 1.165) is 21.2 Å². The molecule has 0 radical (unpaired) electrons. The van der Waals surface area contributed by atoms with Gasteiger partial charge in [-0.15, -0.1) is 11.3 Å². The SMILES string of the molecule is COC(=O)/C=C/Oc1ccc(-c2c(C(=O)c3ccccc3)sc3cc(O)ccc23)cc1. The number of fused-ring (bicyclic) bond motifs is 1. The summed E-state index contributed by atoms with van der Waals surface area (Å²) in [5.41, 5.74) is 2.26. The molecule has 0 saturated heterocycles. The van der Waals surface area contributed by atoms with Crippen molar-refractivity contribution in [1.82, 2.24) is 0 Å². The van der Waals surface area contributed by atoms with Crippen LogP contribution in [-0.2, 0) is 9.53 Å². The summed E-state index contributed by atoms with van der Waals surface area (Å²) in [5, 5.41) is 10.8. The van der Waals surface area contributed by atoms with Crippen molar-refractivity contribution in [3.05, 3.63) is 95.6 Å².